The van der Waals surface area contributed by atoms with Gasteiger partial charge in [0.25, 0.3) is 0 Å². The number of rotatable bonds is 3. The summed E-state index contributed by atoms with van der Waals surface area (Å²) in [5, 5.41) is 12.9. The van der Waals surface area contributed by atoms with Crippen LogP contribution in [0.2, 0.25) is 0 Å². The van der Waals surface area contributed by atoms with E-state index in [0.29, 0.717) is 5.13 Å². The maximum Gasteiger partial charge on any atom is 0.326 e. The van der Waals surface area contributed by atoms with Crippen molar-refractivity contribution in [1.82, 2.24) is 10.3 Å². The molecule has 4 N–H and O–H groups in total. The third-order valence-corrected chi connectivity index (χ3v) is 3.66. The van der Waals surface area contributed by atoms with E-state index < -0.39 is 29.9 Å². The molecule has 2 atom stereocenters. The Bertz CT molecular complexity index is 543. The van der Waals surface area contributed by atoms with Gasteiger partial charge in [-0.25, -0.2) is 4.98 Å². The highest BCUT2D eigenvalue weighted by atomic mass is 32.1. The average molecular weight is 284 g/mol. The fourth-order valence-corrected chi connectivity index (χ4v) is 2.57. The Hall–Kier alpha value is -2.00. The molecule has 1 saturated heterocycles. The average Bonchev–Trinajstić information content (AvgIpc) is 2.81. The Balaban J connectivity index is 2.24. The molecule has 0 aliphatic carbocycles. The number of aliphatic carboxylic acids is 1. The molecule has 1 aromatic rings. The number of nitrogens with one attached hydrogen (secondary N) is 1. The Kier molecular flexibility index (Phi) is 3.49. The molecule has 1 aliphatic heterocycles. The Labute approximate surface area is 112 Å². The number of carbonyl (C=O) groups is 3. The fourth-order valence-electron chi connectivity index (χ4n) is 1.63. The van der Waals surface area contributed by atoms with Gasteiger partial charge in [-0.05, 0) is 6.92 Å². The smallest absolute Gasteiger partial charge is 0.326 e. The molecule has 2 heterocycles. The summed E-state index contributed by atoms with van der Waals surface area (Å²) in [5.74, 6) is -2.00. The van der Waals surface area contributed by atoms with Crippen LogP contribution in [0.25, 0.3) is 0 Å². The van der Waals surface area contributed by atoms with Gasteiger partial charge in [0.1, 0.15) is 18.6 Å². The highest BCUT2D eigenvalue weighted by Crippen LogP contribution is 2.26. The Morgan fingerprint density at radius 2 is 2.37 bits per heavy atom. The van der Waals surface area contributed by atoms with Gasteiger partial charge in [0.2, 0.25) is 11.8 Å². The number of piperazine rings is 1. The lowest BCUT2D eigenvalue weighted by Crippen LogP contribution is -2.57. The summed E-state index contributed by atoms with van der Waals surface area (Å²) in [5.41, 5.74) is 5.66. The van der Waals surface area contributed by atoms with Crippen LogP contribution in [0.5, 0.6) is 0 Å². The minimum Gasteiger partial charge on any atom is -0.480 e. The van der Waals surface area contributed by atoms with E-state index in [1.165, 1.54) is 10.3 Å². The number of nitrogens with two attached hydrogens (primary N) is 1. The number of carboxylic acids is 1. The molecule has 1 fully saturated rings. The molecule has 2 rings (SSSR count). The van der Waals surface area contributed by atoms with Crippen molar-refractivity contribution in [2.75, 3.05) is 11.4 Å². The molecule has 0 saturated carbocycles. The van der Waals surface area contributed by atoms with Crippen LogP contribution in [-0.2, 0) is 14.4 Å². The number of amides is 2. The topological polar surface area (TPSA) is 126 Å². The van der Waals surface area contributed by atoms with Crippen molar-refractivity contribution in [2.24, 2.45) is 5.73 Å². The number of thiazole rings is 1. The molecule has 9 heteroatoms. The van der Waals surface area contributed by atoms with Gasteiger partial charge in [-0.3, -0.25) is 19.7 Å². The largest absolute Gasteiger partial charge is 0.480 e. The molecule has 0 bridgehead atoms. The predicted molar refractivity (Wildman–Crippen MR) is 66.6 cm³/mol. The van der Waals surface area contributed by atoms with Crippen molar-refractivity contribution in [3.63, 3.8) is 0 Å². The molecular formula is C10H12N4O4S. The minimum absolute atomic E-state index is 0.00215. The van der Waals surface area contributed by atoms with Gasteiger partial charge >= 0.3 is 5.97 Å². The SMILES string of the molecule is CC1C(=O)NC(=O)CN1c1nc(C(N)C(=O)O)cs1. The fraction of sp³-hybridized carbons (Fsp3) is 0.400. The van der Waals surface area contributed by atoms with E-state index in [4.69, 9.17) is 10.8 Å². The van der Waals surface area contributed by atoms with E-state index in [2.05, 4.69) is 10.3 Å². The molecule has 19 heavy (non-hydrogen) atoms. The van der Waals surface area contributed by atoms with Gasteiger partial charge in [0.15, 0.2) is 5.13 Å². The molecule has 1 aliphatic rings. The van der Waals surface area contributed by atoms with Gasteiger partial charge in [0.05, 0.1) is 5.69 Å². The van der Waals surface area contributed by atoms with Crippen molar-refractivity contribution in [2.45, 2.75) is 19.0 Å². The van der Waals surface area contributed by atoms with E-state index in [1.807, 2.05) is 0 Å². The molecule has 0 radical (unpaired) electrons. The van der Waals surface area contributed by atoms with Crippen LogP contribution < -0.4 is 16.0 Å². The second-order valence-electron chi connectivity index (χ2n) is 4.09. The molecule has 1 aromatic heterocycles. The summed E-state index contributed by atoms with van der Waals surface area (Å²) in [6.45, 7) is 1.64. The Morgan fingerprint density at radius 1 is 1.68 bits per heavy atom. The summed E-state index contributed by atoms with van der Waals surface area (Å²) in [6, 6.07) is -1.76. The number of anilines is 1. The zero-order valence-electron chi connectivity index (χ0n) is 9.99. The van der Waals surface area contributed by atoms with Crippen LogP contribution in [0.3, 0.4) is 0 Å². The lowest BCUT2D eigenvalue weighted by Gasteiger charge is -2.31. The molecule has 8 nitrogen and oxygen atoms in total. The molecular weight excluding hydrogens is 272 g/mol. The van der Waals surface area contributed by atoms with Crippen molar-refractivity contribution in [3.05, 3.63) is 11.1 Å². The van der Waals surface area contributed by atoms with Crippen LogP contribution in [0.15, 0.2) is 5.38 Å². The number of hydrogen-bond donors (Lipinski definition) is 3. The van der Waals surface area contributed by atoms with Crippen LogP contribution in [0.4, 0.5) is 5.13 Å². The maximum atomic E-state index is 11.5. The van der Waals surface area contributed by atoms with E-state index >= 15 is 0 Å². The van der Waals surface area contributed by atoms with E-state index in [9.17, 15) is 14.4 Å². The number of carboxylic acid groups (broad SMARTS) is 1. The van der Waals surface area contributed by atoms with Crippen molar-refractivity contribution in [3.8, 4) is 0 Å². The quantitative estimate of drug-likeness (QED) is 0.613. The summed E-state index contributed by atoms with van der Waals surface area (Å²) in [6.07, 6.45) is 0. The summed E-state index contributed by atoms with van der Waals surface area (Å²) in [4.78, 5) is 39.2. The number of hydrogen-bond acceptors (Lipinski definition) is 7. The van der Waals surface area contributed by atoms with E-state index in [-0.39, 0.29) is 12.2 Å². The summed E-state index contributed by atoms with van der Waals surface area (Å²) >= 11 is 1.15. The zero-order chi connectivity index (χ0) is 14.2. The lowest BCUT2D eigenvalue weighted by molar-refractivity contribution is -0.139. The van der Waals surface area contributed by atoms with E-state index in [1.54, 1.807) is 6.92 Å². The van der Waals surface area contributed by atoms with Crippen molar-refractivity contribution in [1.29, 1.82) is 0 Å². The highest BCUT2D eigenvalue weighted by Gasteiger charge is 2.32. The molecule has 102 valence electrons. The number of aromatic nitrogens is 1. The lowest BCUT2D eigenvalue weighted by atomic mass is 10.2. The van der Waals surface area contributed by atoms with Crippen molar-refractivity contribution < 1.29 is 19.5 Å². The van der Waals surface area contributed by atoms with Crippen molar-refractivity contribution >= 4 is 34.3 Å². The number of nitrogens with zero attached hydrogens (tertiary/aromatic N) is 2. The van der Waals surface area contributed by atoms with Crippen LogP contribution in [0, 0.1) is 0 Å². The highest BCUT2D eigenvalue weighted by molar-refractivity contribution is 7.13. The van der Waals surface area contributed by atoms with Gasteiger partial charge < -0.3 is 15.7 Å². The Morgan fingerprint density at radius 3 is 3.00 bits per heavy atom. The van der Waals surface area contributed by atoms with Crippen LogP contribution >= 0.6 is 11.3 Å². The second-order valence-corrected chi connectivity index (χ2v) is 4.92. The predicted octanol–water partition coefficient (Wildman–Crippen LogP) is -0.921. The number of carbonyl (C=O) groups excluding carboxylic acids is 2. The van der Waals surface area contributed by atoms with Gasteiger partial charge in [0, 0.05) is 5.38 Å². The standard InChI is InChI=1S/C10H12N4O4S/c1-4-8(16)13-6(15)2-14(4)10-12-5(3-19-10)7(11)9(17)18/h3-4,7H,2,11H2,1H3,(H,17,18)(H,13,15,16). The first-order valence-corrected chi connectivity index (χ1v) is 6.32. The summed E-state index contributed by atoms with van der Waals surface area (Å²) in [7, 11) is 0. The van der Waals surface area contributed by atoms with E-state index in [0.717, 1.165) is 11.3 Å². The summed E-state index contributed by atoms with van der Waals surface area (Å²) < 4.78 is 0. The third kappa shape index (κ3) is 2.56. The van der Waals surface area contributed by atoms with Gasteiger partial charge in [-0.1, -0.05) is 0 Å². The van der Waals surface area contributed by atoms with Crippen LogP contribution in [-0.4, -0.2) is 40.5 Å². The minimum atomic E-state index is -1.21. The molecule has 2 unspecified atom stereocenters. The second kappa shape index (κ2) is 4.94. The van der Waals surface area contributed by atoms with Gasteiger partial charge in [-0.2, -0.15) is 0 Å². The normalized spacial score (nSPS) is 21.2. The molecule has 0 spiro atoms. The first-order valence-electron chi connectivity index (χ1n) is 5.44. The maximum absolute atomic E-state index is 11.5. The van der Waals surface area contributed by atoms with Gasteiger partial charge in [-0.15, -0.1) is 11.3 Å². The molecule has 2 amide bonds. The number of imide groups is 1. The first-order chi connectivity index (χ1) is 8.90. The monoisotopic (exact) mass is 284 g/mol. The third-order valence-electron chi connectivity index (χ3n) is 2.76. The van der Waals surface area contributed by atoms with Crippen LogP contribution in [0.1, 0.15) is 18.7 Å². The first kappa shape index (κ1) is 13.4. The molecule has 0 aromatic carbocycles. The zero-order valence-corrected chi connectivity index (χ0v) is 10.8.